The highest BCUT2D eigenvalue weighted by molar-refractivity contribution is 5.83. The van der Waals surface area contributed by atoms with E-state index in [1.54, 1.807) is 6.26 Å². The zero-order valence-corrected chi connectivity index (χ0v) is 22.3. The van der Waals surface area contributed by atoms with Crippen molar-refractivity contribution in [1.29, 1.82) is 0 Å². The van der Waals surface area contributed by atoms with E-state index in [4.69, 9.17) is 14.5 Å². The number of methoxy groups -OCH3 is 1. The Kier molecular flexibility index (Phi) is 6.27. The average Bonchev–Trinajstić information content (AvgIpc) is 3.36. The summed E-state index contributed by atoms with van der Waals surface area (Å²) < 4.78 is 13.0. The minimum absolute atomic E-state index is 0.216. The van der Waals surface area contributed by atoms with E-state index in [-0.39, 0.29) is 11.4 Å². The number of aromatic nitrogens is 2. The molecule has 1 aromatic heterocycles. The van der Waals surface area contributed by atoms with Crippen LogP contribution in [0.5, 0.6) is 5.75 Å². The number of nitrogens with zero attached hydrogens (tertiary/aromatic N) is 2. The first kappa shape index (κ1) is 24.7. The Morgan fingerprint density at radius 3 is 2.33 bits per heavy atom. The second kappa shape index (κ2) is 9.91. The summed E-state index contributed by atoms with van der Waals surface area (Å²) in [5.41, 5.74) is 8.33. The normalized spacial score (nSPS) is 13.9. The van der Waals surface area contributed by atoms with Crippen LogP contribution in [0, 0.1) is 0 Å². The number of ether oxygens (including phenoxy) is 2. The lowest BCUT2D eigenvalue weighted by Gasteiger charge is -2.34. The number of para-hydroxylation sites is 3. The monoisotopic (exact) mass is 514 g/mol. The van der Waals surface area contributed by atoms with Crippen molar-refractivity contribution in [2.24, 2.45) is 0 Å². The van der Waals surface area contributed by atoms with E-state index in [0.29, 0.717) is 12.8 Å². The van der Waals surface area contributed by atoms with Gasteiger partial charge in [0.2, 0.25) is 0 Å². The molecule has 194 valence electrons. The third-order valence-electron chi connectivity index (χ3n) is 7.66. The van der Waals surface area contributed by atoms with E-state index in [1.165, 1.54) is 7.11 Å². The number of imidazole rings is 1. The van der Waals surface area contributed by atoms with E-state index in [1.807, 2.05) is 36.4 Å². The van der Waals surface area contributed by atoms with Gasteiger partial charge in [0.05, 0.1) is 24.4 Å². The van der Waals surface area contributed by atoms with Gasteiger partial charge in [-0.15, -0.1) is 0 Å². The van der Waals surface area contributed by atoms with Gasteiger partial charge in [0.25, 0.3) is 0 Å². The van der Waals surface area contributed by atoms with Crippen LogP contribution in [-0.2, 0) is 14.9 Å². The van der Waals surface area contributed by atoms with Crippen molar-refractivity contribution in [3.8, 4) is 34.0 Å². The fraction of sp³-hybridized carbons (Fsp3) is 0.176. The maximum absolute atomic E-state index is 11.7. The number of allylic oxidation sites excluding steroid dienone is 1. The number of benzene rings is 4. The molecular weight excluding hydrogens is 484 g/mol. The zero-order chi connectivity index (χ0) is 27.0. The van der Waals surface area contributed by atoms with Crippen LogP contribution in [0.1, 0.15) is 32.3 Å². The summed E-state index contributed by atoms with van der Waals surface area (Å²) in [6.45, 7) is 4.36. The SMILES string of the molecule is COC(=O)CCC1=COc2ccc(-c3ccc(-c4nc5ccccc5n4-c4ccccc4)cc3)cc2C1(C)C. The third-order valence-corrected chi connectivity index (χ3v) is 7.66. The molecule has 6 rings (SSSR count). The van der Waals surface area contributed by atoms with Gasteiger partial charge in [0, 0.05) is 28.7 Å². The van der Waals surface area contributed by atoms with Gasteiger partial charge in [-0.1, -0.05) is 74.5 Å². The van der Waals surface area contributed by atoms with Crippen LogP contribution < -0.4 is 4.74 Å². The molecule has 0 spiro atoms. The van der Waals surface area contributed by atoms with Gasteiger partial charge < -0.3 is 9.47 Å². The van der Waals surface area contributed by atoms with E-state index in [9.17, 15) is 4.79 Å². The first-order valence-electron chi connectivity index (χ1n) is 13.2. The van der Waals surface area contributed by atoms with Crippen molar-refractivity contribution in [3.05, 3.63) is 114 Å². The fourth-order valence-electron chi connectivity index (χ4n) is 5.34. The molecule has 0 fully saturated rings. The first-order valence-corrected chi connectivity index (χ1v) is 13.2. The van der Waals surface area contributed by atoms with Crippen LogP contribution in [0.3, 0.4) is 0 Å². The average molecular weight is 515 g/mol. The van der Waals surface area contributed by atoms with Crippen LogP contribution >= 0.6 is 0 Å². The molecule has 2 heterocycles. The minimum Gasteiger partial charge on any atom is -0.469 e. The van der Waals surface area contributed by atoms with Crippen molar-refractivity contribution in [3.63, 3.8) is 0 Å². The van der Waals surface area contributed by atoms with E-state index in [2.05, 4.69) is 79.1 Å². The molecule has 5 heteroatoms. The Morgan fingerprint density at radius 1 is 0.872 bits per heavy atom. The van der Waals surface area contributed by atoms with Crippen LogP contribution in [0.2, 0.25) is 0 Å². The van der Waals surface area contributed by atoms with Gasteiger partial charge in [-0.2, -0.15) is 0 Å². The van der Waals surface area contributed by atoms with Crippen molar-refractivity contribution >= 4 is 17.0 Å². The lowest BCUT2D eigenvalue weighted by molar-refractivity contribution is -0.140. The highest BCUT2D eigenvalue weighted by Crippen LogP contribution is 2.44. The lowest BCUT2D eigenvalue weighted by atomic mass is 9.74. The van der Waals surface area contributed by atoms with E-state index < -0.39 is 0 Å². The second-order valence-electron chi connectivity index (χ2n) is 10.3. The molecule has 39 heavy (non-hydrogen) atoms. The van der Waals surface area contributed by atoms with Gasteiger partial charge in [0.15, 0.2) is 0 Å². The Morgan fingerprint density at radius 2 is 1.56 bits per heavy atom. The summed E-state index contributed by atoms with van der Waals surface area (Å²) in [7, 11) is 1.42. The molecule has 0 bridgehead atoms. The molecule has 0 unspecified atom stereocenters. The minimum atomic E-state index is -0.266. The molecule has 0 saturated carbocycles. The molecule has 5 aromatic rings. The number of hydrogen-bond donors (Lipinski definition) is 0. The Hall–Kier alpha value is -4.64. The Labute approximate surface area is 228 Å². The molecule has 1 aliphatic rings. The highest BCUT2D eigenvalue weighted by Gasteiger charge is 2.33. The van der Waals surface area contributed by atoms with Gasteiger partial charge in [-0.3, -0.25) is 9.36 Å². The summed E-state index contributed by atoms with van der Waals surface area (Å²) in [4.78, 5) is 16.7. The summed E-state index contributed by atoms with van der Waals surface area (Å²) in [6, 6.07) is 33.5. The number of rotatable bonds is 6. The topological polar surface area (TPSA) is 53.4 Å². The summed E-state index contributed by atoms with van der Waals surface area (Å²) in [5, 5.41) is 0. The maximum atomic E-state index is 11.7. The predicted molar refractivity (Wildman–Crippen MR) is 155 cm³/mol. The number of esters is 1. The third kappa shape index (κ3) is 4.50. The van der Waals surface area contributed by atoms with Crippen molar-refractivity contribution < 1.29 is 14.3 Å². The largest absolute Gasteiger partial charge is 0.469 e. The van der Waals surface area contributed by atoms with Gasteiger partial charge in [-0.25, -0.2) is 4.98 Å². The highest BCUT2D eigenvalue weighted by atomic mass is 16.5. The summed E-state index contributed by atoms with van der Waals surface area (Å²) >= 11 is 0. The molecule has 0 amide bonds. The molecule has 0 saturated heterocycles. The standard InChI is InChI=1S/C34H30N2O3/c1-34(2)26(18-20-32(37)38-3)22-39-31-19-17-25(21-28(31)34)23-13-15-24(16-14-23)33-35-29-11-7-8-12-30(29)36(33)27-9-5-4-6-10-27/h4-17,19,21-22H,18,20H2,1-3H3. The molecule has 0 N–H and O–H groups in total. The number of fused-ring (bicyclic) bond motifs is 2. The molecule has 0 atom stereocenters. The molecular formula is C34H30N2O3. The molecule has 1 aliphatic heterocycles. The van der Waals surface area contributed by atoms with Gasteiger partial charge in [-0.05, 0) is 59.5 Å². The lowest BCUT2D eigenvalue weighted by Crippen LogP contribution is -2.25. The number of carbonyl (C=O) groups excluding carboxylic acids is 1. The van der Waals surface area contributed by atoms with Crippen LogP contribution in [0.4, 0.5) is 0 Å². The molecule has 5 nitrogen and oxygen atoms in total. The van der Waals surface area contributed by atoms with Crippen molar-refractivity contribution in [2.75, 3.05) is 7.11 Å². The smallest absolute Gasteiger partial charge is 0.305 e. The van der Waals surface area contributed by atoms with Gasteiger partial charge in [0.1, 0.15) is 11.6 Å². The van der Waals surface area contributed by atoms with Crippen molar-refractivity contribution in [1.82, 2.24) is 9.55 Å². The summed E-state index contributed by atoms with van der Waals surface area (Å²) in [6.07, 6.45) is 2.72. The van der Waals surface area contributed by atoms with Crippen LogP contribution in [0.25, 0.3) is 39.2 Å². The van der Waals surface area contributed by atoms with Crippen molar-refractivity contribution in [2.45, 2.75) is 32.1 Å². The fourth-order valence-corrected chi connectivity index (χ4v) is 5.34. The van der Waals surface area contributed by atoms with E-state index >= 15 is 0 Å². The van der Waals surface area contributed by atoms with Crippen LogP contribution in [-0.4, -0.2) is 22.6 Å². The maximum Gasteiger partial charge on any atom is 0.305 e. The second-order valence-corrected chi connectivity index (χ2v) is 10.3. The Balaban J connectivity index is 1.34. The first-order chi connectivity index (χ1) is 19.0. The van der Waals surface area contributed by atoms with Crippen LogP contribution in [0.15, 0.2) is 109 Å². The number of hydrogen-bond acceptors (Lipinski definition) is 4. The zero-order valence-electron chi connectivity index (χ0n) is 22.3. The predicted octanol–water partition coefficient (Wildman–Crippen LogP) is 7.87. The summed E-state index contributed by atoms with van der Waals surface area (Å²) in [5.74, 6) is 1.54. The Bertz CT molecular complexity index is 1700. The molecule has 0 aliphatic carbocycles. The quantitative estimate of drug-likeness (QED) is 0.216. The molecule has 0 radical (unpaired) electrons. The number of carbonyl (C=O) groups is 1. The van der Waals surface area contributed by atoms with Gasteiger partial charge >= 0.3 is 5.97 Å². The molecule has 4 aromatic carbocycles. The van der Waals surface area contributed by atoms with E-state index in [0.717, 1.165) is 56.1 Å².